The lowest BCUT2D eigenvalue weighted by molar-refractivity contribution is -0.136. The second-order valence-electron chi connectivity index (χ2n) is 13.7. The Balaban J connectivity index is 0.903. The predicted molar refractivity (Wildman–Crippen MR) is 197 cm³/mol. The molecule has 6 amide bonds. The third-order valence-electron chi connectivity index (χ3n) is 10.7. The number of halogens is 1. The normalized spacial score (nSPS) is 19.8. The summed E-state index contributed by atoms with van der Waals surface area (Å²) >= 11 is 6.92. The van der Waals surface area contributed by atoms with E-state index in [0.29, 0.717) is 31.2 Å². The summed E-state index contributed by atoms with van der Waals surface area (Å²) in [5, 5.41) is 3.82. The minimum atomic E-state index is -0.989. The molecule has 1 unspecified atom stereocenters. The number of H-pyrrole nitrogens is 1. The van der Waals surface area contributed by atoms with Gasteiger partial charge in [0.1, 0.15) is 11.7 Å². The predicted octanol–water partition coefficient (Wildman–Crippen LogP) is 5.27. The molecule has 8 rings (SSSR count). The summed E-state index contributed by atoms with van der Waals surface area (Å²) in [5.74, 6) is -2.04. The van der Waals surface area contributed by atoms with Crippen molar-refractivity contribution >= 4 is 63.6 Å². The fraction of sp³-hybridized carbons (Fsp3) is 0.333. The minimum Gasteiger partial charge on any atom is -0.346 e. The van der Waals surface area contributed by atoms with Crippen LogP contribution in [0.5, 0.6) is 0 Å². The second-order valence-corrected chi connectivity index (χ2v) is 14.1. The molecule has 266 valence electrons. The molecule has 4 aromatic rings. The number of aromatic amines is 1. The number of carbonyl (C=O) groups excluding carboxylic acids is 5. The van der Waals surface area contributed by atoms with Crippen molar-refractivity contribution in [2.45, 2.75) is 45.1 Å². The van der Waals surface area contributed by atoms with Crippen molar-refractivity contribution in [1.82, 2.24) is 30.0 Å². The van der Waals surface area contributed by atoms with Crippen LogP contribution in [0.4, 0.5) is 10.5 Å². The van der Waals surface area contributed by atoms with Crippen LogP contribution in [0.25, 0.3) is 27.7 Å². The van der Waals surface area contributed by atoms with E-state index in [1.165, 1.54) is 0 Å². The molecule has 2 fully saturated rings. The van der Waals surface area contributed by atoms with E-state index >= 15 is 0 Å². The number of hydrogen-bond donors (Lipinski definition) is 2. The molecule has 0 saturated carbocycles. The van der Waals surface area contributed by atoms with Crippen LogP contribution in [0, 0.1) is 0 Å². The van der Waals surface area contributed by atoms with Crippen molar-refractivity contribution in [2.75, 3.05) is 44.2 Å². The highest BCUT2D eigenvalue weighted by molar-refractivity contribution is 6.38. The fourth-order valence-corrected chi connectivity index (χ4v) is 8.15. The Morgan fingerprint density at radius 2 is 1.75 bits per heavy atom. The highest BCUT2D eigenvalue weighted by Gasteiger charge is 2.44. The molecule has 1 atom stereocenters. The minimum absolute atomic E-state index is 0.0149. The number of anilines is 1. The summed E-state index contributed by atoms with van der Waals surface area (Å²) in [7, 11) is 0. The van der Waals surface area contributed by atoms with Gasteiger partial charge in [-0.05, 0) is 72.2 Å². The highest BCUT2D eigenvalue weighted by Crippen LogP contribution is 2.37. The van der Waals surface area contributed by atoms with Crippen LogP contribution in [0.3, 0.4) is 0 Å². The van der Waals surface area contributed by atoms with Crippen molar-refractivity contribution in [3.05, 3.63) is 88.2 Å². The van der Waals surface area contributed by atoms with Gasteiger partial charge in [0, 0.05) is 74.7 Å². The van der Waals surface area contributed by atoms with Crippen LogP contribution in [-0.2, 0) is 16.0 Å². The average molecular weight is 720 g/mol. The number of nitrogens with one attached hydrogen (secondary N) is 2. The van der Waals surface area contributed by atoms with Crippen LogP contribution in [0.15, 0.2) is 60.9 Å². The summed E-state index contributed by atoms with van der Waals surface area (Å²) in [5.41, 5.74) is 6.94. The fourth-order valence-electron chi connectivity index (χ4n) is 7.78. The standard InChI is InChI=1S/C39H38ClN7O5/c1-2-23-21-41-35-33(23)34(40)30(22-42-35)26-5-3-6-27(19-26)46-14-4-13-45(39(46)52)18-17-44-15-11-24(12-16-44)25-7-8-28-29(20-25)38(51)47(37(28)50)31-9-10-32(48)43-36(31)49/h3,5-8,11,19-22,31H,2,4,9-10,12-18H2,1H3,(H,41,42)(H,43,48,49). The molecule has 2 aromatic carbocycles. The molecule has 2 saturated heterocycles. The first-order chi connectivity index (χ1) is 25.2. The number of carbonyl (C=O) groups is 5. The first kappa shape index (κ1) is 33.8. The molecule has 0 radical (unpaired) electrons. The van der Waals surface area contributed by atoms with Gasteiger partial charge in [-0.15, -0.1) is 0 Å². The Morgan fingerprint density at radius 3 is 2.54 bits per heavy atom. The molecule has 13 heteroatoms. The van der Waals surface area contributed by atoms with Gasteiger partial charge in [0.2, 0.25) is 11.8 Å². The molecule has 6 heterocycles. The lowest BCUT2D eigenvalue weighted by Crippen LogP contribution is -2.54. The molecule has 2 N–H and O–H groups in total. The summed E-state index contributed by atoms with van der Waals surface area (Å²) in [4.78, 5) is 79.1. The first-order valence-corrected chi connectivity index (χ1v) is 18.2. The van der Waals surface area contributed by atoms with Gasteiger partial charge in [-0.25, -0.2) is 9.78 Å². The molecule has 4 aliphatic heterocycles. The lowest BCUT2D eigenvalue weighted by atomic mass is 9.96. The van der Waals surface area contributed by atoms with Crippen molar-refractivity contribution in [3.63, 3.8) is 0 Å². The highest BCUT2D eigenvalue weighted by atomic mass is 35.5. The van der Waals surface area contributed by atoms with E-state index in [2.05, 4.69) is 33.2 Å². The monoisotopic (exact) mass is 719 g/mol. The molecule has 2 aromatic heterocycles. The number of aryl methyl sites for hydroxylation is 1. The van der Waals surface area contributed by atoms with Crippen LogP contribution < -0.4 is 10.2 Å². The SMILES string of the molecule is CCc1c[nH]c2ncc(-c3cccc(N4CCCN(CCN5CC=C(c6ccc7c(c6)C(=O)N(C6CCC(=O)NC6=O)C7=O)CC5)C4=O)c3)c(Cl)c12. The van der Waals surface area contributed by atoms with Crippen molar-refractivity contribution in [1.29, 1.82) is 0 Å². The van der Waals surface area contributed by atoms with E-state index in [1.54, 1.807) is 18.3 Å². The van der Waals surface area contributed by atoms with Gasteiger partial charge in [0.15, 0.2) is 0 Å². The van der Waals surface area contributed by atoms with E-state index in [9.17, 15) is 24.0 Å². The zero-order valence-corrected chi connectivity index (χ0v) is 29.5. The number of rotatable bonds is 8. The summed E-state index contributed by atoms with van der Waals surface area (Å²) < 4.78 is 0. The number of imide groups is 2. The maximum absolute atomic E-state index is 13.8. The number of amides is 6. The third kappa shape index (κ3) is 5.95. The smallest absolute Gasteiger partial charge is 0.324 e. The Hall–Kier alpha value is -5.33. The van der Waals surface area contributed by atoms with Crippen LogP contribution in [-0.4, -0.2) is 99.6 Å². The van der Waals surface area contributed by atoms with Crippen LogP contribution >= 0.6 is 11.6 Å². The Morgan fingerprint density at radius 1 is 0.904 bits per heavy atom. The molecule has 52 heavy (non-hydrogen) atoms. The molecule has 0 spiro atoms. The molecular weight excluding hydrogens is 682 g/mol. The molecule has 12 nitrogen and oxygen atoms in total. The van der Waals surface area contributed by atoms with E-state index in [1.807, 2.05) is 46.3 Å². The van der Waals surface area contributed by atoms with Gasteiger partial charge in [0.25, 0.3) is 11.8 Å². The largest absolute Gasteiger partial charge is 0.346 e. The number of fused-ring (bicyclic) bond motifs is 2. The number of benzene rings is 2. The maximum atomic E-state index is 13.8. The Bertz CT molecular complexity index is 2190. The van der Waals surface area contributed by atoms with Crippen molar-refractivity contribution in [2.24, 2.45) is 0 Å². The first-order valence-electron chi connectivity index (χ1n) is 17.8. The second kappa shape index (κ2) is 13.7. The molecule has 4 aliphatic rings. The van der Waals surface area contributed by atoms with Crippen LogP contribution in [0.2, 0.25) is 5.02 Å². The van der Waals surface area contributed by atoms with Gasteiger partial charge in [-0.3, -0.25) is 39.2 Å². The Labute approximate surface area is 305 Å². The summed E-state index contributed by atoms with van der Waals surface area (Å²) in [6.07, 6.45) is 8.51. The topological polar surface area (TPSA) is 139 Å². The van der Waals surface area contributed by atoms with Gasteiger partial charge in [-0.1, -0.05) is 42.8 Å². The number of aromatic nitrogens is 2. The zero-order valence-electron chi connectivity index (χ0n) is 28.8. The average Bonchev–Trinajstić information content (AvgIpc) is 3.69. The number of pyridine rings is 1. The van der Waals surface area contributed by atoms with Gasteiger partial charge < -0.3 is 9.88 Å². The van der Waals surface area contributed by atoms with Crippen LogP contribution in [0.1, 0.15) is 64.4 Å². The lowest BCUT2D eigenvalue weighted by Gasteiger charge is -2.37. The molecule has 0 aliphatic carbocycles. The van der Waals surface area contributed by atoms with E-state index in [-0.39, 0.29) is 30.0 Å². The Kier molecular flexibility index (Phi) is 8.88. The van der Waals surface area contributed by atoms with Gasteiger partial charge in [0.05, 0.1) is 16.1 Å². The number of urea groups is 1. The maximum Gasteiger partial charge on any atom is 0.324 e. The van der Waals surface area contributed by atoms with E-state index in [4.69, 9.17) is 11.6 Å². The van der Waals surface area contributed by atoms with E-state index < -0.39 is 29.7 Å². The zero-order chi connectivity index (χ0) is 36.1. The van der Waals surface area contributed by atoms with Gasteiger partial charge >= 0.3 is 6.03 Å². The number of piperidine rings is 1. The summed E-state index contributed by atoms with van der Waals surface area (Å²) in [6, 6.07) is 12.2. The van der Waals surface area contributed by atoms with E-state index in [0.717, 1.165) is 81.8 Å². The van der Waals surface area contributed by atoms with Gasteiger partial charge in [-0.2, -0.15) is 0 Å². The number of nitrogens with zero attached hydrogens (tertiary/aromatic N) is 5. The van der Waals surface area contributed by atoms with Crippen molar-refractivity contribution < 1.29 is 24.0 Å². The quantitative estimate of drug-likeness (QED) is 0.237. The third-order valence-corrected chi connectivity index (χ3v) is 11.1. The van der Waals surface area contributed by atoms with Crippen molar-refractivity contribution in [3.8, 4) is 11.1 Å². The molecular formula is C39H38ClN7O5. The molecule has 0 bridgehead atoms. The number of hydrogen-bond acceptors (Lipinski definition) is 7. The summed E-state index contributed by atoms with van der Waals surface area (Å²) in [6.45, 7) is 6.22.